The molecule has 2 aromatic carbocycles. The molecule has 0 unspecified atom stereocenters. The number of carbonyl (C=O) groups is 4. The van der Waals surface area contributed by atoms with E-state index in [1.54, 1.807) is 23.1 Å². The number of methoxy groups -OCH3 is 2. The smallest absolute Gasteiger partial charge is 0.270 e. The van der Waals surface area contributed by atoms with Gasteiger partial charge in [-0.15, -0.1) is 0 Å². The quantitative estimate of drug-likeness (QED) is 0.334. The number of fused-ring (bicyclic) bond motifs is 1. The van der Waals surface area contributed by atoms with Gasteiger partial charge in [-0.1, -0.05) is 0 Å². The fourth-order valence-electron chi connectivity index (χ4n) is 4.29. The van der Waals surface area contributed by atoms with Crippen molar-refractivity contribution in [3.05, 3.63) is 63.2 Å². The highest BCUT2D eigenvalue weighted by molar-refractivity contribution is 6.22. The lowest BCUT2D eigenvalue weighted by Gasteiger charge is -2.24. The molecular formula is C24H24N4O8. The van der Waals surface area contributed by atoms with Gasteiger partial charge in [-0.2, -0.15) is 0 Å². The second-order valence-corrected chi connectivity index (χ2v) is 8.28. The minimum absolute atomic E-state index is 0.0287. The molecule has 0 aliphatic carbocycles. The molecule has 4 rings (SSSR count). The lowest BCUT2D eigenvalue weighted by Crippen LogP contribution is -2.44. The van der Waals surface area contributed by atoms with E-state index < -0.39 is 29.2 Å². The van der Waals surface area contributed by atoms with Crippen LogP contribution in [0, 0.1) is 10.1 Å². The summed E-state index contributed by atoms with van der Waals surface area (Å²) >= 11 is 0. The zero-order valence-corrected chi connectivity index (χ0v) is 19.8. The van der Waals surface area contributed by atoms with Crippen LogP contribution in [-0.2, 0) is 4.79 Å². The zero-order chi connectivity index (χ0) is 26.0. The van der Waals surface area contributed by atoms with Crippen molar-refractivity contribution in [1.82, 2.24) is 14.7 Å². The molecule has 12 nitrogen and oxygen atoms in total. The monoisotopic (exact) mass is 496 g/mol. The molecule has 2 aliphatic rings. The number of imide groups is 1. The van der Waals surface area contributed by atoms with Crippen molar-refractivity contribution in [3.63, 3.8) is 0 Å². The Labute approximate surface area is 206 Å². The van der Waals surface area contributed by atoms with Crippen LogP contribution in [0.2, 0.25) is 0 Å². The Morgan fingerprint density at radius 2 is 1.56 bits per heavy atom. The van der Waals surface area contributed by atoms with Crippen LogP contribution in [0.3, 0.4) is 0 Å². The van der Waals surface area contributed by atoms with Crippen LogP contribution >= 0.6 is 0 Å². The molecule has 0 aromatic heterocycles. The molecule has 188 valence electrons. The van der Waals surface area contributed by atoms with E-state index in [9.17, 15) is 29.3 Å². The van der Waals surface area contributed by atoms with E-state index in [2.05, 4.69) is 0 Å². The molecule has 12 heteroatoms. The fourth-order valence-corrected chi connectivity index (χ4v) is 4.29. The van der Waals surface area contributed by atoms with Crippen LogP contribution in [0.15, 0.2) is 36.4 Å². The Hall–Kier alpha value is -4.48. The standard InChI is InChI=1S/C24H24N4O8/c1-35-19-7-4-15(12-20(19)36-2)22(30)26-9-3-8-25(10-11-26)21(29)14-27-23(31)17-6-5-16(28(33)34)13-18(17)24(27)32/h4-7,12-13H,3,8-11,14H2,1-2H3. The van der Waals surface area contributed by atoms with Crippen LogP contribution in [0.4, 0.5) is 5.69 Å². The predicted octanol–water partition coefficient (Wildman–Crippen LogP) is 1.58. The average molecular weight is 496 g/mol. The molecule has 1 fully saturated rings. The summed E-state index contributed by atoms with van der Waals surface area (Å²) in [6.07, 6.45) is 0.513. The lowest BCUT2D eigenvalue weighted by atomic mass is 10.1. The average Bonchev–Trinajstić information content (AvgIpc) is 3.05. The number of amides is 4. The van der Waals surface area contributed by atoms with Crippen molar-refractivity contribution < 1.29 is 33.6 Å². The summed E-state index contributed by atoms with van der Waals surface area (Å²) in [6, 6.07) is 8.31. The number of benzene rings is 2. The van der Waals surface area contributed by atoms with E-state index >= 15 is 0 Å². The maximum atomic E-state index is 13.0. The third-order valence-electron chi connectivity index (χ3n) is 6.22. The predicted molar refractivity (Wildman–Crippen MR) is 125 cm³/mol. The van der Waals surface area contributed by atoms with E-state index in [1.807, 2.05) is 0 Å². The number of nitrogens with zero attached hydrogens (tertiary/aromatic N) is 4. The number of nitro groups is 1. The van der Waals surface area contributed by atoms with Gasteiger partial charge >= 0.3 is 0 Å². The summed E-state index contributed by atoms with van der Waals surface area (Å²) in [5.41, 5.74) is 0.0490. The molecule has 0 bridgehead atoms. The second kappa shape index (κ2) is 10.0. The number of carbonyl (C=O) groups excluding carboxylic acids is 4. The van der Waals surface area contributed by atoms with Gasteiger partial charge in [0.15, 0.2) is 11.5 Å². The van der Waals surface area contributed by atoms with Crippen LogP contribution in [0.25, 0.3) is 0 Å². The maximum Gasteiger partial charge on any atom is 0.270 e. The SMILES string of the molecule is COc1ccc(C(=O)N2CCCN(C(=O)CN3C(=O)c4ccc([N+](=O)[O-])cc4C3=O)CC2)cc1OC. The molecule has 1 saturated heterocycles. The molecule has 2 aliphatic heterocycles. The minimum Gasteiger partial charge on any atom is -0.493 e. The van der Waals surface area contributed by atoms with E-state index in [1.165, 1.54) is 25.2 Å². The Balaban J connectivity index is 1.40. The summed E-state index contributed by atoms with van der Waals surface area (Å²) < 4.78 is 10.5. The van der Waals surface area contributed by atoms with Gasteiger partial charge in [0.2, 0.25) is 5.91 Å². The molecule has 0 atom stereocenters. The van der Waals surface area contributed by atoms with E-state index in [0.717, 1.165) is 17.0 Å². The first-order valence-corrected chi connectivity index (χ1v) is 11.2. The van der Waals surface area contributed by atoms with Gasteiger partial charge in [0.05, 0.1) is 30.3 Å². The van der Waals surface area contributed by atoms with Gasteiger partial charge in [0, 0.05) is 43.9 Å². The summed E-state index contributed by atoms with van der Waals surface area (Å²) in [7, 11) is 2.99. The number of nitro benzene ring substituents is 1. The summed E-state index contributed by atoms with van der Waals surface area (Å²) in [5, 5.41) is 11.0. The first-order valence-electron chi connectivity index (χ1n) is 11.2. The van der Waals surface area contributed by atoms with Gasteiger partial charge < -0.3 is 19.3 Å². The third kappa shape index (κ3) is 4.57. The minimum atomic E-state index is -0.743. The highest BCUT2D eigenvalue weighted by atomic mass is 16.6. The third-order valence-corrected chi connectivity index (χ3v) is 6.22. The summed E-state index contributed by atoms with van der Waals surface area (Å²) in [6.45, 7) is 0.792. The number of rotatable bonds is 6. The Morgan fingerprint density at radius 3 is 2.25 bits per heavy atom. The zero-order valence-electron chi connectivity index (χ0n) is 19.8. The highest BCUT2D eigenvalue weighted by Crippen LogP contribution is 2.29. The van der Waals surface area contributed by atoms with E-state index in [0.29, 0.717) is 36.6 Å². The first-order chi connectivity index (χ1) is 17.2. The molecule has 0 radical (unpaired) electrons. The van der Waals surface area contributed by atoms with Crippen molar-refractivity contribution in [2.75, 3.05) is 46.9 Å². The highest BCUT2D eigenvalue weighted by Gasteiger charge is 2.38. The topological polar surface area (TPSA) is 140 Å². The van der Waals surface area contributed by atoms with Gasteiger partial charge in [-0.3, -0.25) is 34.2 Å². The number of hydrogen-bond donors (Lipinski definition) is 0. The Bertz CT molecular complexity index is 1260. The molecule has 4 amide bonds. The van der Waals surface area contributed by atoms with Gasteiger partial charge in [-0.25, -0.2) is 0 Å². The number of non-ortho nitro benzene ring substituents is 1. The van der Waals surface area contributed by atoms with E-state index in [-0.39, 0.29) is 35.8 Å². The Morgan fingerprint density at radius 1 is 0.889 bits per heavy atom. The van der Waals surface area contributed by atoms with Crippen LogP contribution in [0.5, 0.6) is 11.5 Å². The molecule has 0 saturated carbocycles. The van der Waals surface area contributed by atoms with Crippen LogP contribution in [0.1, 0.15) is 37.5 Å². The van der Waals surface area contributed by atoms with Crippen molar-refractivity contribution >= 4 is 29.3 Å². The van der Waals surface area contributed by atoms with Gasteiger partial charge in [0.25, 0.3) is 23.4 Å². The molecule has 2 aromatic rings. The number of ether oxygens (including phenoxy) is 2. The van der Waals surface area contributed by atoms with Crippen molar-refractivity contribution in [1.29, 1.82) is 0 Å². The van der Waals surface area contributed by atoms with E-state index in [4.69, 9.17) is 9.47 Å². The largest absolute Gasteiger partial charge is 0.493 e. The summed E-state index contributed by atoms with van der Waals surface area (Å²) in [4.78, 5) is 65.7. The summed E-state index contributed by atoms with van der Waals surface area (Å²) in [5.74, 6) is -1.14. The van der Waals surface area contributed by atoms with Gasteiger partial charge in [0.1, 0.15) is 6.54 Å². The molecule has 36 heavy (non-hydrogen) atoms. The molecular weight excluding hydrogens is 472 g/mol. The normalized spacial score (nSPS) is 15.4. The maximum absolute atomic E-state index is 13.0. The fraction of sp³-hybridized carbons (Fsp3) is 0.333. The van der Waals surface area contributed by atoms with Gasteiger partial charge in [-0.05, 0) is 30.7 Å². The van der Waals surface area contributed by atoms with Crippen LogP contribution < -0.4 is 9.47 Å². The molecule has 0 N–H and O–H groups in total. The van der Waals surface area contributed by atoms with Crippen molar-refractivity contribution in [2.45, 2.75) is 6.42 Å². The Kier molecular flexibility index (Phi) is 6.86. The lowest BCUT2D eigenvalue weighted by molar-refractivity contribution is -0.384. The number of hydrogen-bond acceptors (Lipinski definition) is 8. The molecule has 2 heterocycles. The molecule has 0 spiro atoms. The second-order valence-electron chi connectivity index (χ2n) is 8.28. The van der Waals surface area contributed by atoms with Crippen molar-refractivity contribution in [3.8, 4) is 11.5 Å². The van der Waals surface area contributed by atoms with Crippen molar-refractivity contribution in [2.24, 2.45) is 0 Å². The van der Waals surface area contributed by atoms with Crippen LogP contribution in [-0.4, -0.2) is 90.2 Å². The first kappa shape index (κ1) is 24.6.